The van der Waals surface area contributed by atoms with Crippen LogP contribution in [0.2, 0.25) is 0 Å². The number of ether oxygens (including phenoxy) is 3. The van der Waals surface area contributed by atoms with Crippen molar-refractivity contribution in [3.8, 4) is 17.2 Å². The van der Waals surface area contributed by atoms with Gasteiger partial charge in [-0.05, 0) is 50.6 Å². The Morgan fingerprint density at radius 1 is 0.960 bits per heavy atom. The molecular weight excluding hydrogens is 318 g/mol. The Balaban J connectivity index is 1.95. The summed E-state index contributed by atoms with van der Waals surface area (Å²) in [5.74, 6) is 1.88. The molecule has 0 aromatic heterocycles. The van der Waals surface area contributed by atoms with Crippen LogP contribution in [0.15, 0.2) is 48.5 Å². The summed E-state index contributed by atoms with van der Waals surface area (Å²) in [6.45, 7) is 6.88. The second kappa shape index (κ2) is 9.57. The zero-order valence-electron chi connectivity index (χ0n) is 15.0. The molecule has 1 amide bonds. The fourth-order valence-electron chi connectivity index (χ4n) is 2.37. The molecule has 0 fully saturated rings. The standard InChI is InChI=1S/C20H25NO4/c1-4-23-18-12-11-16(13-19(18)24-5-2)15(3)21-20(22)14-25-17-9-7-6-8-10-17/h6-13,15H,4-5,14H2,1-3H3,(H,21,22)/t15-/m1/s1. The highest BCUT2D eigenvalue weighted by molar-refractivity contribution is 5.78. The van der Waals surface area contributed by atoms with Crippen molar-refractivity contribution in [3.05, 3.63) is 54.1 Å². The molecular formula is C20H25NO4. The van der Waals surface area contributed by atoms with E-state index in [4.69, 9.17) is 14.2 Å². The maximum atomic E-state index is 12.1. The first kappa shape index (κ1) is 18.6. The molecule has 0 radical (unpaired) electrons. The van der Waals surface area contributed by atoms with E-state index in [9.17, 15) is 4.79 Å². The van der Waals surface area contributed by atoms with Crippen molar-refractivity contribution in [2.24, 2.45) is 0 Å². The van der Waals surface area contributed by atoms with Crippen molar-refractivity contribution in [2.75, 3.05) is 19.8 Å². The summed E-state index contributed by atoms with van der Waals surface area (Å²) in [6, 6.07) is 14.8. The summed E-state index contributed by atoms with van der Waals surface area (Å²) in [5.41, 5.74) is 0.944. The van der Waals surface area contributed by atoms with Gasteiger partial charge in [0.15, 0.2) is 18.1 Å². The molecule has 1 atom stereocenters. The van der Waals surface area contributed by atoms with E-state index >= 15 is 0 Å². The van der Waals surface area contributed by atoms with Crippen molar-refractivity contribution in [1.29, 1.82) is 0 Å². The highest BCUT2D eigenvalue weighted by Gasteiger charge is 2.13. The summed E-state index contributed by atoms with van der Waals surface area (Å²) in [7, 11) is 0. The number of para-hydroxylation sites is 1. The number of carbonyl (C=O) groups is 1. The second-order valence-electron chi connectivity index (χ2n) is 5.46. The zero-order chi connectivity index (χ0) is 18.1. The van der Waals surface area contributed by atoms with Crippen LogP contribution < -0.4 is 19.5 Å². The second-order valence-corrected chi connectivity index (χ2v) is 5.46. The topological polar surface area (TPSA) is 56.8 Å². The van der Waals surface area contributed by atoms with E-state index in [0.717, 1.165) is 5.56 Å². The quantitative estimate of drug-likeness (QED) is 0.753. The molecule has 0 aliphatic rings. The molecule has 0 aliphatic carbocycles. The first-order chi connectivity index (χ1) is 12.1. The van der Waals surface area contributed by atoms with Gasteiger partial charge in [-0.2, -0.15) is 0 Å². The lowest BCUT2D eigenvalue weighted by Gasteiger charge is -2.17. The van der Waals surface area contributed by atoms with Crippen LogP contribution in [0.5, 0.6) is 17.2 Å². The maximum Gasteiger partial charge on any atom is 0.258 e. The van der Waals surface area contributed by atoms with Crippen molar-refractivity contribution in [2.45, 2.75) is 26.8 Å². The SMILES string of the molecule is CCOc1ccc([C@@H](C)NC(=O)COc2ccccc2)cc1OCC. The van der Waals surface area contributed by atoms with Gasteiger partial charge < -0.3 is 19.5 Å². The molecule has 0 spiro atoms. The van der Waals surface area contributed by atoms with Crippen molar-refractivity contribution >= 4 is 5.91 Å². The Bertz CT molecular complexity index is 673. The summed E-state index contributed by atoms with van der Waals surface area (Å²) >= 11 is 0. The number of hydrogen-bond donors (Lipinski definition) is 1. The van der Waals surface area contributed by atoms with Gasteiger partial charge in [-0.25, -0.2) is 0 Å². The normalized spacial score (nSPS) is 11.5. The van der Waals surface area contributed by atoms with Crippen LogP contribution in [0.25, 0.3) is 0 Å². The van der Waals surface area contributed by atoms with Crippen LogP contribution in [0.3, 0.4) is 0 Å². The number of carbonyl (C=O) groups excluding carboxylic acids is 1. The molecule has 134 valence electrons. The summed E-state index contributed by atoms with van der Waals surface area (Å²) in [4.78, 5) is 12.1. The third-order valence-corrected chi connectivity index (χ3v) is 3.56. The lowest BCUT2D eigenvalue weighted by molar-refractivity contribution is -0.123. The van der Waals surface area contributed by atoms with E-state index in [2.05, 4.69) is 5.32 Å². The predicted molar refractivity (Wildman–Crippen MR) is 97.3 cm³/mol. The van der Waals surface area contributed by atoms with Crippen LogP contribution in [0.1, 0.15) is 32.4 Å². The molecule has 5 nitrogen and oxygen atoms in total. The van der Waals surface area contributed by atoms with E-state index in [1.54, 1.807) is 0 Å². The number of amides is 1. The number of benzene rings is 2. The molecule has 2 aromatic carbocycles. The van der Waals surface area contributed by atoms with Crippen molar-refractivity contribution in [3.63, 3.8) is 0 Å². The highest BCUT2D eigenvalue weighted by Crippen LogP contribution is 2.30. The number of rotatable bonds is 9. The van der Waals surface area contributed by atoms with Gasteiger partial charge in [0, 0.05) is 0 Å². The predicted octanol–water partition coefficient (Wildman–Crippen LogP) is 3.74. The molecule has 2 aromatic rings. The fourth-order valence-corrected chi connectivity index (χ4v) is 2.37. The summed E-state index contributed by atoms with van der Waals surface area (Å²) in [6.07, 6.45) is 0. The largest absolute Gasteiger partial charge is 0.490 e. The lowest BCUT2D eigenvalue weighted by Crippen LogP contribution is -2.31. The number of nitrogens with one attached hydrogen (secondary N) is 1. The molecule has 25 heavy (non-hydrogen) atoms. The summed E-state index contributed by atoms with van der Waals surface area (Å²) in [5, 5.41) is 2.93. The van der Waals surface area contributed by atoms with E-state index in [0.29, 0.717) is 30.5 Å². The van der Waals surface area contributed by atoms with Gasteiger partial charge in [-0.3, -0.25) is 4.79 Å². The average molecular weight is 343 g/mol. The van der Waals surface area contributed by atoms with Gasteiger partial charge in [-0.15, -0.1) is 0 Å². The maximum absolute atomic E-state index is 12.1. The van der Waals surface area contributed by atoms with E-state index in [1.807, 2.05) is 69.3 Å². The molecule has 0 saturated carbocycles. The Morgan fingerprint density at radius 2 is 1.64 bits per heavy atom. The van der Waals surface area contributed by atoms with Crippen LogP contribution >= 0.6 is 0 Å². The molecule has 0 saturated heterocycles. The van der Waals surface area contributed by atoms with Gasteiger partial charge in [-0.1, -0.05) is 24.3 Å². The van der Waals surface area contributed by atoms with E-state index < -0.39 is 0 Å². The third-order valence-electron chi connectivity index (χ3n) is 3.56. The smallest absolute Gasteiger partial charge is 0.258 e. The molecule has 0 unspecified atom stereocenters. The minimum atomic E-state index is -0.178. The summed E-state index contributed by atoms with van der Waals surface area (Å²) < 4.78 is 16.7. The monoisotopic (exact) mass is 343 g/mol. The first-order valence-corrected chi connectivity index (χ1v) is 8.50. The minimum absolute atomic E-state index is 0.0241. The Kier molecular flexibility index (Phi) is 7.14. The zero-order valence-corrected chi connectivity index (χ0v) is 15.0. The molecule has 0 bridgehead atoms. The minimum Gasteiger partial charge on any atom is -0.490 e. The van der Waals surface area contributed by atoms with Gasteiger partial charge in [0.2, 0.25) is 0 Å². The highest BCUT2D eigenvalue weighted by atomic mass is 16.5. The van der Waals surface area contributed by atoms with E-state index in [-0.39, 0.29) is 18.6 Å². The Labute approximate surface area is 148 Å². The van der Waals surface area contributed by atoms with Crippen molar-refractivity contribution < 1.29 is 19.0 Å². The Morgan fingerprint density at radius 3 is 2.32 bits per heavy atom. The van der Waals surface area contributed by atoms with E-state index in [1.165, 1.54) is 0 Å². The molecule has 0 aliphatic heterocycles. The Hall–Kier alpha value is -2.69. The average Bonchev–Trinajstić information content (AvgIpc) is 2.62. The lowest BCUT2D eigenvalue weighted by atomic mass is 10.1. The van der Waals surface area contributed by atoms with Gasteiger partial charge in [0.05, 0.1) is 19.3 Å². The first-order valence-electron chi connectivity index (χ1n) is 8.50. The molecule has 0 heterocycles. The van der Waals surface area contributed by atoms with Gasteiger partial charge >= 0.3 is 0 Å². The van der Waals surface area contributed by atoms with Gasteiger partial charge in [0.25, 0.3) is 5.91 Å². The van der Waals surface area contributed by atoms with Crippen LogP contribution in [-0.4, -0.2) is 25.7 Å². The van der Waals surface area contributed by atoms with Crippen LogP contribution in [0.4, 0.5) is 0 Å². The fraction of sp³-hybridized carbons (Fsp3) is 0.350. The van der Waals surface area contributed by atoms with Gasteiger partial charge in [0.1, 0.15) is 5.75 Å². The van der Waals surface area contributed by atoms with Crippen LogP contribution in [0, 0.1) is 0 Å². The molecule has 5 heteroatoms. The third kappa shape index (κ3) is 5.71. The molecule has 2 rings (SSSR count). The number of hydrogen-bond acceptors (Lipinski definition) is 4. The van der Waals surface area contributed by atoms with Crippen LogP contribution in [-0.2, 0) is 4.79 Å². The molecule has 1 N–H and O–H groups in total. The van der Waals surface area contributed by atoms with Crippen molar-refractivity contribution in [1.82, 2.24) is 5.32 Å².